The van der Waals surface area contributed by atoms with Crippen LogP contribution in [0.25, 0.3) is 0 Å². The van der Waals surface area contributed by atoms with Crippen molar-refractivity contribution in [2.75, 3.05) is 19.7 Å². The first kappa shape index (κ1) is 13.7. The summed E-state index contributed by atoms with van der Waals surface area (Å²) < 4.78 is 5.46. The Labute approximate surface area is 114 Å². The molecule has 1 aromatic rings. The number of carbonyl (C=O) groups excluding carboxylic acids is 1. The summed E-state index contributed by atoms with van der Waals surface area (Å²) in [5, 5.41) is 0. The van der Waals surface area contributed by atoms with Gasteiger partial charge in [-0.05, 0) is 37.0 Å². The quantitative estimate of drug-likeness (QED) is 0.777. The fraction of sp³-hybridized carbons (Fsp3) is 0.438. The van der Waals surface area contributed by atoms with Crippen LogP contribution in [0.1, 0.15) is 30.1 Å². The number of rotatable bonds is 4. The van der Waals surface area contributed by atoms with Crippen LogP contribution >= 0.6 is 0 Å². The Morgan fingerprint density at radius 2 is 2.21 bits per heavy atom. The monoisotopic (exact) mass is 259 g/mol. The van der Waals surface area contributed by atoms with Crippen molar-refractivity contribution >= 4 is 5.91 Å². The van der Waals surface area contributed by atoms with Gasteiger partial charge in [-0.2, -0.15) is 0 Å². The average molecular weight is 259 g/mol. The number of piperidine rings is 1. The van der Waals surface area contributed by atoms with Gasteiger partial charge in [-0.25, -0.2) is 0 Å². The molecular weight excluding hydrogens is 238 g/mol. The van der Waals surface area contributed by atoms with E-state index in [-0.39, 0.29) is 5.91 Å². The van der Waals surface area contributed by atoms with Gasteiger partial charge in [-0.3, -0.25) is 4.79 Å². The van der Waals surface area contributed by atoms with Crippen LogP contribution < -0.4 is 4.74 Å². The molecule has 0 N–H and O–H groups in total. The minimum absolute atomic E-state index is 0.107. The zero-order chi connectivity index (χ0) is 13.7. The lowest BCUT2D eigenvalue weighted by Crippen LogP contribution is -2.37. The Hall–Kier alpha value is -1.77. The second kappa shape index (κ2) is 6.41. The van der Waals surface area contributed by atoms with Crippen molar-refractivity contribution in [2.45, 2.75) is 19.8 Å². The van der Waals surface area contributed by atoms with Crippen molar-refractivity contribution in [1.82, 2.24) is 4.90 Å². The predicted octanol–water partition coefficient (Wildman–Crippen LogP) is 3.12. The maximum atomic E-state index is 12.4. The topological polar surface area (TPSA) is 29.5 Å². The Morgan fingerprint density at radius 1 is 1.47 bits per heavy atom. The molecule has 1 fully saturated rings. The van der Waals surface area contributed by atoms with E-state index in [1.54, 1.807) is 6.08 Å². The number of hydrogen-bond acceptors (Lipinski definition) is 2. The number of nitrogens with zero attached hydrogens (tertiary/aromatic N) is 1. The van der Waals surface area contributed by atoms with Crippen molar-refractivity contribution in [1.29, 1.82) is 0 Å². The van der Waals surface area contributed by atoms with Crippen molar-refractivity contribution < 1.29 is 9.53 Å². The molecule has 1 saturated heterocycles. The summed E-state index contributed by atoms with van der Waals surface area (Å²) in [6.45, 7) is 8.03. The summed E-state index contributed by atoms with van der Waals surface area (Å²) in [5.74, 6) is 1.55. The van der Waals surface area contributed by atoms with Gasteiger partial charge in [0.1, 0.15) is 12.4 Å². The highest BCUT2D eigenvalue weighted by Gasteiger charge is 2.21. The Bertz CT molecular complexity index is 448. The largest absolute Gasteiger partial charge is 0.490 e. The molecule has 1 heterocycles. The fourth-order valence-electron chi connectivity index (χ4n) is 2.27. The highest BCUT2D eigenvalue weighted by Crippen LogP contribution is 2.20. The molecule has 1 amide bonds. The minimum atomic E-state index is 0.107. The van der Waals surface area contributed by atoms with Gasteiger partial charge in [0.25, 0.3) is 5.91 Å². The summed E-state index contributed by atoms with van der Waals surface area (Å²) in [6, 6.07) is 7.38. The van der Waals surface area contributed by atoms with Crippen LogP contribution in [0.4, 0.5) is 0 Å². The van der Waals surface area contributed by atoms with Gasteiger partial charge in [0.2, 0.25) is 0 Å². The maximum Gasteiger partial charge on any atom is 0.253 e. The molecule has 0 saturated carbocycles. The molecule has 0 aliphatic carbocycles. The fourth-order valence-corrected chi connectivity index (χ4v) is 2.27. The molecule has 0 atom stereocenters. The molecular formula is C16H21NO2. The smallest absolute Gasteiger partial charge is 0.253 e. The van der Waals surface area contributed by atoms with Crippen molar-refractivity contribution in [3.63, 3.8) is 0 Å². The summed E-state index contributed by atoms with van der Waals surface area (Å²) in [6.07, 6.45) is 3.89. The third-order valence-electron chi connectivity index (χ3n) is 3.52. The molecule has 1 aromatic carbocycles. The Balaban J connectivity index is 2.04. The third-order valence-corrected chi connectivity index (χ3v) is 3.52. The van der Waals surface area contributed by atoms with Crippen LogP contribution in [0, 0.1) is 5.92 Å². The van der Waals surface area contributed by atoms with Gasteiger partial charge in [0.15, 0.2) is 0 Å². The van der Waals surface area contributed by atoms with Crippen LogP contribution in [-0.4, -0.2) is 30.5 Å². The summed E-state index contributed by atoms with van der Waals surface area (Å²) in [5.41, 5.74) is 0.705. The summed E-state index contributed by atoms with van der Waals surface area (Å²) >= 11 is 0. The molecule has 19 heavy (non-hydrogen) atoms. The first-order valence-corrected chi connectivity index (χ1v) is 6.83. The minimum Gasteiger partial charge on any atom is -0.490 e. The van der Waals surface area contributed by atoms with E-state index in [0.717, 1.165) is 37.6 Å². The lowest BCUT2D eigenvalue weighted by molar-refractivity contribution is 0.0697. The predicted molar refractivity (Wildman–Crippen MR) is 76.4 cm³/mol. The molecule has 0 radical (unpaired) electrons. The number of carbonyl (C=O) groups is 1. The van der Waals surface area contributed by atoms with E-state index in [0.29, 0.717) is 12.2 Å². The number of hydrogen-bond donors (Lipinski definition) is 0. The molecule has 102 valence electrons. The van der Waals surface area contributed by atoms with Crippen LogP contribution in [0.5, 0.6) is 5.75 Å². The van der Waals surface area contributed by atoms with Crippen molar-refractivity contribution in [2.24, 2.45) is 5.92 Å². The van der Waals surface area contributed by atoms with Crippen LogP contribution in [0.2, 0.25) is 0 Å². The van der Waals surface area contributed by atoms with Crippen LogP contribution in [0.3, 0.4) is 0 Å². The first-order valence-electron chi connectivity index (χ1n) is 6.83. The molecule has 0 unspecified atom stereocenters. The number of ether oxygens (including phenoxy) is 1. The normalized spacial score (nSPS) is 16.2. The zero-order valence-electron chi connectivity index (χ0n) is 11.5. The van der Waals surface area contributed by atoms with Gasteiger partial charge in [0.05, 0.1) is 0 Å². The second-order valence-electron chi connectivity index (χ2n) is 5.10. The molecule has 3 heteroatoms. The number of likely N-dealkylation sites (tertiary alicyclic amines) is 1. The van der Waals surface area contributed by atoms with E-state index in [2.05, 4.69) is 13.5 Å². The zero-order valence-corrected chi connectivity index (χ0v) is 11.5. The van der Waals surface area contributed by atoms with Crippen LogP contribution in [-0.2, 0) is 0 Å². The van der Waals surface area contributed by atoms with Gasteiger partial charge in [-0.1, -0.05) is 25.6 Å². The lowest BCUT2D eigenvalue weighted by Gasteiger charge is -2.30. The molecule has 0 bridgehead atoms. The lowest BCUT2D eigenvalue weighted by atomic mass is 9.98. The van der Waals surface area contributed by atoms with E-state index in [1.807, 2.05) is 29.2 Å². The molecule has 1 aliphatic heterocycles. The molecule has 3 nitrogen and oxygen atoms in total. The number of amides is 1. The first-order chi connectivity index (χ1) is 9.20. The highest BCUT2D eigenvalue weighted by molar-refractivity contribution is 5.94. The van der Waals surface area contributed by atoms with E-state index in [9.17, 15) is 4.79 Å². The Morgan fingerprint density at radius 3 is 2.89 bits per heavy atom. The van der Waals surface area contributed by atoms with Crippen LogP contribution in [0.15, 0.2) is 36.9 Å². The molecule has 0 aromatic heterocycles. The van der Waals surface area contributed by atoms with E-state index in [1.165, 1.54) is 0 Å². The maximum absolute atomic E-state index is 12.4. The van der Waals surface area contributed by atoms with Crippen molar-refractivity contribution in [3.05, 3.63) is 42.5 Å². The van der Waals surface area contributed by atoms with Gasteiger partial charge < -0.3 is 9.64 Å². The SMILES string of the molecule is C=CCOc1cccc(C(=O)N2CCC(C)CC2)c1. The third kappa shape index (κ3) is 3.60. The molecule has 1 aliphatic rings. The molecule has 0 spiro atoms. The van der Waals surface area contributed by atoms with E-state index >= 15 is 0 Å². The van der Waals surface area contributed by atoms with E-state index in [4.69, 9.17) is 4.74 Å². The van der Waals surface area contributed by atoms with Gasteiger partial charge in [0, 0.05) is 18.7 Å². The average Bonchev–Trinajstić information content (AvgIpc) is 2.45. The summed E-state index contributed by atoms with van der Waals surface area (Å²) in [7, 11) is 0. The van der Waals surface area contributed by atoms with E-state index < -0.39 is 0 Å². The van der Waals surface area contributed by atoms with Gasteiger partial charge >= 0.3 is 0 Å². The van der Waals surface area contributed by atoms with Gasteiger partial charge in [-0.15, -0.1) is 0 Å². The second-order valence-corrected chi connectivity index (χ2v) is 5.10. The molecule has 2 rings (SSSR count). The van der Waals surface area contributed by atoms with Crippen molar-refractivity contribution in [3.8, 4) is 5.75 Å². The standard InChI is InChI=1S/C16H21NO2/c1-3-11-19-15-6-4-5-14(12-15)16(18)17-9-7-13(2)8-10-17/h3-6,12-13H,1,7-11H2,2H3. The Kier molecular flexibility index (Phi) is 4.61. The number of benzene rings is 1. The highest BCUT2D eigenvalue weighted by atomic mass is 16.5. The summed E-state index contributed by atoms with van der Waals surface area (Å²) in [4.78, 5) is 14.3.